The summed E-state index contributed by atoms with van der Waals surface area (Å²) in [5.74, 6) is 1.97. The molecule has 1 heterocycles. The number of aromatic nitrogens is 1. The van der Waals surface area contributed by atoms with Gasteiger partial charge in [0.25, 0.3) is 5.91 Å². The fraction of sp³-hybridized carbons (Fsp3) is 0.310. The van der Waals surface area contributed by atoms with Gasteiger partial charge in [-0.25, -0.2) is 4.98 Å². The summed E-state index contributed by atoms with van der Waals surface area (Å²) in [6, 6.07) is 21.6. The molecular formula is C29H32N2O3. The smallest absolute Gasteiger partial charge is 0.262 e. The standard InChI is InChI=1S/C29H32N2O3/c1-5-19(3)21-10-13-25(14-11-21)33-18-28(32)30-24-9-7-8-23(16-24)29-31-26-17-22(20(4)6-2)12-15-27(26)34-29/h7-17,19-20H,5-6,18H2,1-4H3,(H,30,32)/t19-,20+/m0/s1. The Kier molecular flexibility index (Phi) is 7.31. The molecule has 0 fully saturated rings. The number of fused-ring (bicyclic) bond motifs is 1. The number of rotatable bonds is 9. The Hall–Kier alpha value is -3.60. The number of nitrogens with one attached hydrogen (secondary N) is 1. The van der Waals surface area contributed by atoms with E-state index in [0.717, 1.165) is 29.5 Å². The molecule has 2 atom stereocenters. The Bertz CT molecular complexity index is 1260. The predicted molar refractivity (Wildman–Crippen MR) is 137 cm³/mol. The molecule has 0 spiro atoms. The van der Waals surface area contributed by atoms with Gasteiger partial charge in [-0.1, -0.05) is 52.0 Å². The average Bonchev–Trinajstić information content (AvgIpc) is 3.30. The van der Waals surface area contributed by atoms with Gasteiger partial charge in [0.1, 0.15) is 11.3 Å². The van der Waals surface area contributed by atoms with Crippen LogP contribution in [0.15, 0.2) is 71.1 Å². The van der Waals surface area contributed by atoms with Crippen LogP contribution in [0.3, 0.4) is 0 Å². The van der Waals surface area contributed by atoms with Crippen LogP contribution in [-0.4, -0.2) is 17.5 Å². The second kappa shape index (κ2) is 10.6. The van der Waals surface area contributed by atoms with Gasteiger partial charge in [-0.3, -0.25) is 4.79 Å². The molecule has 1 N–H and O–H groups in total. The van der Waals surface area contributed by atoms with Crippen molar-refractivity contribution in [1.29, 1.82) is 0 Å². The maximum atomic E-state index is 12.5. The highest BCUT2D eigenvalue weighted by atomic mass is 16.5. The third-order valence-electron chi connectivity index (χ3n) is 6.42. The van der Waals surface area contributed by atoms with Crippen LogP contribution < -0.4 is 10.1 Å². The lowest BCUT2D eigenvalue weighted by atomic mass is 9.98. The molecule has 5 nitrogen and oxygen atoms in total. The number of amides is 1. The van der Waals surface area contributed by atoms with E-state index in [-0.39, 0.29) is 12.5 Å². The van der Waals surface area contributed by atoms with Crippen LogP contribution in [0.2, 0.25) is 0 Å². The van der Waals surface area contributed by atoms with Crippen molar-refractivity contribution in [2.75, 3.05) is 11.9 Å². The second-order valence-corrected chi connectivity index (χ2v) is 8.85. The normalized spacial score (nSPS) is 12.9. The monoisotopic (exact) mass is 456 g/mol. The highest BCUT2D eigenvalue weighted by Crippen LogP contribution is 2.29. The summed E-state index contributed by atoms with van der Waals surface area (Å²) in [5.41, 5.74) is 5.59. The number of nitrogens with zero attached hydrogens (tertiary/aromatic N) is 1. The minimum atomic E-state index is -0.223. The van der Waals surface area contributed by atoms with Gasteiger partial charge in [-0.05, 0) is 78.3 Å². The molecule has 34 heavy (non-hydrogen) atoms. The van der Waals surface area contributed by atoms with E-state index < -0.39 is 0 Å². The Labute approximate surface area is 201 Å². The maximum Gasteiger partial charge on any atom is 0.262 e. The molecule has 0 saturated heterocycles. The van der Waals surface area contributed by atoms with Crippen molar-refractivity contribution in [3.8, 4) is 17.2 Å². The van der Waals surface area contributed by atoms with Gasteiger partial charge >= 0.3 is 0 Å². The summed E-state index contributed by atoms with van der Waals surface area (Å²) in [5, 5.41) is 2.89. The lowest BCUT2D eigenvalue weighted by molar-refractivity contribution is -0.118. The first-order valence-electron chi connectivity index (χ1n) is 12.0. The molecule has 0 bridgehead atoms. The van der Waals surface area contributed by atoms with Gasteiger partial charge in [-0.2, -0.15) is 0 Å². The summed E-state index contributed by atoms with van der Waals surface area (Å²) in [6.45, 7) is 8.69. The third kappa shape index (κ3) is 5.48. The Balaban J connectivity index is 1.41. The number of oxazole rings is 1. The molecule has 0 unspecified atom stereocenters. The molecule has 4 rings (SSSR count). The number of hydrogen-bond donors (Lipinski definition) is 1. The number of benzene rings is 3. The van der Waals surface area contributed by atoms with Crippen molar-refractivity contribution in [2.45, 2.75) is 52.4 Å². The number of anilines is 1. The SMILES string of the molecule is CC[C@@H](C)c1ccc2oc(-c3cccc(NC(=O)COc4ccc([C@@H](C)CC)cc4)c3)nc2c1. The van der Waals surface area contributed by atoms with Gasteiger partial charge in [0.05, 0.1) is 0 Å². The molecule has 1 amide bonds. The van der Waals surface area contributed by atoms with E-state index in [4.69, 9.17) is 9.15 Å². The van der Waals surface area contributed by atoms with Gasteiger partial charge in [0, 0.05) is 11.3 Å². The molecule has 0 aliphatic heterocycles. The van der Waals surface area contributed by atoms with Crippen molar-refractivity contribution in [2.24, 2.45) is 0 Å². The van der Waals surface area contributed by atoms with Crippen LogP contribution in [0.4, 0.5) is 5.69 Å². The van der Waals surface area contributed by atoms with Crippen molar-refractivity contribution in [1.82, 2.24) is 4.98 Å². The molecule has 5 heteroatoms. The zero-order chi connectivity index (χ0) is 24.1. The summed E-state index contributed by atoms with van der Waals surface area (Å²) < 4.78 is 11.6. The largest absolute Gasteiger partial charge is 0.484 e. The van der Waals surface area contributed by atoms with Crippen molar-refractivity contribution in [3.05, 3.63) is 77.9 Å². The van der Waals surface area contributed by atoms with Crippen molar-refractivity contribution >= 4 is 22.7 Å². The summed E-state index contributed by atoms with van der Waals surface area (Å²) in [6.07, 6.45) is 2.16. The summed E-state index contributed by atoms with van der Waals surface area (Å²) in [7, 11) is 0. The van der Waals surface area contributed by atoms with Crippen LogP contribution in [0, 0.1) is 0 Å². The third-order valence-corrected chi connectivity index (χ3v) is 6.42. The van der Waals surface area contributed by atoms with Crippen LogP contribution in [0.1, 0.15) is 63.5 Å². The molecule has 4 aromatic rings. The Morgan fingerprint density at radius 3 is 2.38 bits per heavy atom. The maximum absolute atomic E-state index is 12.5. The molecule has 0 aliphatic carbocycles. The Morgan fingerprint density at radius 1 is 0.941 bits per heavy atom. The lowest BCUT2D eigenvalue weighted by Crippen LogP contribution is -2.20. The van der Waals surface area contributed by atoms with E-state index in [1.165, 1.54) is 11.1 Å². The number of carbonyl (C=O) groups excluding carboxylic acids is 1. The first-order valence-corrected chi connectivity index (χ1v) is 12.0. The molecule has 3 aromatic carbocycles. The van der Waals surface area contributed by atoms with E-state index >= 15 is 0 Å². The fourth-order valence-electron chi connectivity index (χ4n) is 3.81. The number of ether oxygens (including phenoxy) is 1. The molecular weight excluding hydrogens is 424 g/mol. The zero-order valence-electron chi connectivity index (χ0n) is 20.3. The second-order valence-electron chi connectivity index (χ2n) is 8.85. The van der Waals surface area contributed by atoms with E-state index in [0.29, 0.717) is 29.2 Å². The van der Waals surface area contributed by atoms with E-state index in [1.54, 1.807) is 0 Å². The number of hydrogen-bond acceptors (Lipinski definition) is 4. The average molecular weight is 457 g/mol. The highest BCUT2D eigenvalue weighted by Gasteiger charge is 2.12. The van der Waals surface area contributed by atoms with Gasteiger partial charge in [0.2, 0.25) is 5.89 Å². The number of carbonyl (C=O) groups is 1. The summed E-state index contributed by atoms with van der Waals surface area (Å²) in [4.78, 5) is 17.1. The highest BCUT2D eigenvalue weighted by molar-refractivity contribution is 5.92. The van der Waals surface area contributed by atoms with Crippen molar-refractivity contribution < 1.29 is 13.9 Å². The lowest BCUT2D eigenvalue weighted by Gasteiger charge is -2.11. The minimum absolute atomic E-state index is 0.0613. The van der Waals surface area contributed by atoms with Gasteiger partial charge in [-0.15, -0.1) is 0 Å². The van der Waals surface area contributed by atoms with Crippen LogP contribution in [0.25, 0.3) is 22.6 Å². The first-order chi connectivity index (χ1) is 16.5. The van der Waals surface area contributed by atoms with Crippen LogP contribution in [0.5, 0.6) is 5.75 Å². The molecule has 0 radical (unpaired) electrons. The van der Waals surface area contributed by atoms with Gasteiger partial charge in [0.15, 0.2) is 12.2 Å². The Morgan fingerprint density at radius 2 is 1.65 bits per heavy atom. The molecule has 0 saturated carbocycles. The first kappa shape index (κ1) is 23.6. The van der Waals surface area contributed by atoms with Gasteiger partial charge < -0.3 is 14.5 Å². The van der Waals surface area contributed by atoms with Crippen LogP contribution in [-0.2, 0) is 4.79 Å². The van der Waals surface area contributed by atoms with E-state index in [1.807, 2.05) is 42.5 Å². The zero-order valence-corrected chi connectivity index (χ0v) is 20.3. The minimum Gasteiger partial charge on any atom is -0.484 e. The van der Waals surface area contributed by atoms with E-state index in [9.17, 15) is 4.79 Å². The van der Waals surface area contributed by atoms with Crippen molar-refractivity contribution in [3.63, 3.8) is 0 Å². The van der Waals surface area contributed by atoms with E-state index in [2.05, 4.69) is 62.3 Å². The quantitative estimate of drug-likeness (QED) is 0.282. The van der Waals surface area contributed by atoms with Crippen LogP contribution >= 0.6 is 0 Å². The topological polar surface area (TPSA) is 64.4 Å². The predicted octanol–water partition coefficient (Wildman–Crippen LogP) is 7.54. The molecule has 0 aliphatic rings. The molecule has 1 aromatic heterocycles. The molecule has 176 valence electrons. The fourth-order valence-corrected chi connectivity index (χ4v) is 3.81. The summed E-state index contributed by atoms with van der Waals surface area (Å²) >= 11 is 0.